The van der Waals surface area contributed by atoms with Crippen molar-refractivity contribution in [3.63, 3.8) is 0 Å². The summed E-state index contributed by atoms with van der Waals surface area (Å²) in [5.74, 6) is -1.18. The molecule has 0 aliphatic rings. The fourth-order valence-electron chi connectivity index (χ4n) is 12.4. The van der Waals surface area contributed by atoms with Gasteiger partial charge in [-0.15, -0.1) is 0 Å². The molecule has 5 heterocycles. The van der Waals surface area contributed by atoms with Crippen LogP contribution in [-0.4, -0.2) is 24.1 Å². The molecular weight excluding hydrogens is 1030 g/mol. The maximum absolute atomic E-state index is 12.3. The van der Waals surface area contributed by atoms with Gasteiger partial charge in [0.15, 0.2) is 17.5 Å². The van der Waals surface area contributed by atoms with Crippen molar-refractivity contribution in [3.8, 4) is 85.0 Å². The lowest BCUT2D eigenvalue weighted by atomic mass is 9.93. The van der Waals surface area contributed by atoms with Gasteiger partial charge in [0, 0.05) is 54.6 Å². The Morgan fingerprint density at radius 1 is 0.357 bits per heavy atom. The van der Waals surface area contributed by atoms with Crippen LogP contribution >= 0.6 is 0 Å². The molecule has 84 heavy (non-hydrogen) atoms. The number of nitrogens with zero attached hydrogens (tertiary/aromatic N) is 6. The van der Waals surface area contributed by atoms with Gasteiger partial charge < -0.3 is 18.0 Å². The number of hydrogen-bond donors (Lipinski definition) is 0. The van der Waals surface area contributed by atoms with Gasteiger partial charge in [-0.25, -0.2) is 15.0 Å². The molecule has 5 aromatic heterocycles. The summed E-state index contributed by atoms with van der Waals surface area (Å²) in [5.41, 5.74) is 10.4. The first-order valence-corrected chi connectivity index (χ1v) is 27.2. The Balaban J connectivity index is 1.11. The van der Waals surface area contributed by atoms with E-state index in [1.165, 1.54) is 0 Å². The van der Waals surface area contributed by atoms with Crippen LogP contribution in [0.5, 0.6) is 0 Å². The SMILES string of the molecule is [2H]c1c([2H])c([2H])c(-c2nc(-c3cc(C#N)c(-n4c5ccc(-c6ccccc6)cc5c5c6oc7ccccc7c6ccc54)c(-c4ccccc4)c3-n3c4ccc(-c5ccccc5)cc4c4c5oc6ccccc6c5ccc43)nc(-c3c([2H])c([2H])c([2H])c([2H])c3[2H])n2)c([2H])c1[2H]. The van der Waals surface area contributed by atoms with Crippen molar-refractivity contribution >= 4 is 87.5 Å². The average Bonchev–Trinajstić information content (AvgIpc) is 1.52. The number of hydrogen-bond acceptors (Lipinski definition) is 6. The van der Waals surface area contributed by atoms with Gasteiger partial charge in [-0.3, -0.25) is 0 Å². The van der Waals surface area contributed by atoms with E-state index in [-0.39, 0.29) is 17.0 Å². The van der Waals surface area contributed by atoms with Crippen molar-refractivity contribution in [3.05, 3.63) is 272 Å². The predicted octanol–water partition coefficient (Wildman–Crippen LogP) is 19.7. The lowest BCUT2D eigenvalue weighted by Crippen LogP contribution is -2.10. The second-order valence-electron chi connectivity index (χ2n) is 20.6. The number of nitriles is 1. The van der Waals surface area contributed by atoms with E-state index in [4.69, 9.17) is 32.0 Å². The molecule has 0 atom stereocenters. The highest BCUT2D eigenvalue weighted by Crippen LogP contribution is 2.51. The van der Waals surface area contributed by atoms with E-state index in [2.05, 4.69) is 57.7 Å². The molecule has 0 bridgehead atoms. The molecule has 0 saturated heterocycles. The molecule has 0 aliphatic heterocycles. The fourth-order valence-corrected chi connectivity index (χ4v) is 12.4. The minimum absolute atomic E-state index is 0.106. The summed E-state index contributed by atoms with van der Waals surface area (Å²) in [7, 11) is 0. The summed E-state index contributed by atoms with van der Waals surface area (Å²) >= 11 is 0. The Hall–Kier alpha value is -11.7. The molecule has 17 rings (SSSR count). The van der Waals surface area contributed by atoms with E-state index in [9.17, 15) is 10.7 Å². The van der Waals surface area contributed by atoms with Crippen LogP contribution in [0.2, 0.25) is 0 Å². The minimum atomic E-state index is -0.690. The molecule has 0 spiro atoms. The van der Waals surface area contributed by atoms with Crippen molar-refractivity contribution < 1.29 is 22.5 Å². The smallest absolute Gasteiger partial charge is 0.166 e. The number of aromatic nitrogens is 5. The van der Waals surface area contributed by atoms with Gasteiger partial charge in [-0.05, 0) is 94.5 Å². The Morgan fingerprint density at radius 3 is 1.27 bits per heavy atom. The largest absolute Gasteiger partial charge is 0.455 e. The molecule has 0 unspecified atom stereocenters. The van der Waals surface area contributed by atoms with Gasteiger partial charge in [0.05, 0.1) is 63.5 Å². The van der Waals surface area contributed by atoms with Crippen molar-refractivity contribution in [1.82, 2.24) is 24.1 Å². The van der Waals surface area contributed by atoms with Crippen LogP contribution in [0.4, 0.5) is 0 Å². The van der Waals surface area contributed by atoms with E-state index in [0.29, 0.717) is 61.4 Å². The van der Waals surface area contributed by atoms with Crippen molar-refractivity contribution in [2.75, 3.05) is 0 Å². The lowest BCUT2D eigenvalue weighted by Gasteiger charge is -2.24. The van der Waals surface area contributed by atoms with Crippen molar-refractivity contribution in [2.24, 2.45) is 0 Å². The average molecular weight is 1080 g/mol. The van der Waals surface area contributed by atoms with E-state index in [0.717, 1.165) is 70.9 Å². The summed E-state index contributed by atoms with van der Waals surface area (Å²) in [6.45, 7) is 0. The zero-order chi connectivity index (χ0) is 64.1. The second kappa shape index (κ2) is 18.7. The first-order chi connectivity index (χ1) is 45.8. The Bertz CT molecular complexity index is 6050. The number of furan rings is 2. The van der Waals surface area contributed by atoms with Gasteiger partial charge in [0.1, 0.15) is 28.4 Å². The molecule has 0 aliphatic carbocycles. The maximum atomic E-state index is 12.3. The molecular formula is C76H44N6O2. The van der Waals surface area contributed by atoms with Gasteiger partial charge in [0.25, 0.3) is 0 Å². The predicted molar refractivity (Wildman–Crippen MR) is 340 cm³/mol. The summed E-state index contributed by atoms with van der Waals surface area (Å²) in [6, 6.07) is 63.6. The minimum Gasteiger partial charge on any atom is -0.455 e. The van der Waals surface area contributed by atoms with Crippen LogP contribution in [0.25, 0.3) is 166 Å². The van der Waals surface area contributed by atoms with Crippen molar-refractivity contribution in [1.29, 1.82) is 5.26 Å². The third-order valence-corrected chi connectivity index (χ3v) is 16.0. The molecule has 17 aromatic rings. The van der Waals surface area contributed by atoms with Gasteiger partial charge >= 0.3 is 0 Å². The number of benzene rings is 12. The first-order valence-electron chi connectivity index (χ1n) is 32.2. The van der Waals surface area contributed by atoms with Crippen LogP contribution in [0, 0.1) is 11.3 Å². The molecule has 390 valence electrons. The number of fused-ring (bicyclic) bond motifs is 14. The van der Waals surface area contributed by atoms with Gasteiger partial charge in [0.2, 0.25) is 0 Å². The fraction of sp³-hybridized carbons (Fsp3) is 0. The molecule has 0 amide bonds. The van der Waals surface area contributed by atoms with E-state index in [1.54, 1.807) is 6.07 Å². The summed E-state index contributed by atoms with van der Waals surface area (Å²) < 4.78 is 108. The normalized spacial score (nSPS) is 13.5. The summed E-state index contributed by atoms with van der Waals surface area (Å²) in [4.78, 5) is 14.9. The van der Waals surface area contributed by atoms with E-state index >= 15 is 0 Å². The van der Waals surface area contributed by atoms with Gasteiger partial charge in [-0.1, -0.05) is 200 Å². The highest BCUT2D eigenvalue weighted by Gasteiger charge is 2.31. The molecule has 8 heteroatoms. The first kappa shape index (κ1) is 38.1. The highest BCUT2D eigenvalue weighted by atomic mass is 16.3. The van der Waals surface area contributed by atoms with Crippen LogP contribution in [0.3, 0.4) is 0 Å². The number of para-hydroxylation sites is 2. The molecule has 12 aromatic carbocycles. The molecule has 0 saturated carbocycles. The monoisotopic (exact) mass is 1080 g/mol. The van der Waals surface area contributed by atoms with Crippen molar-refractivity contribution in [2.45, 2.75) is 0 Å². The highest BCUT2D eigenvalue weighted by molar-refractivity contribution is 6.26. The summed E-state index contributed by atoms with van der Waals surface area (Å²) in [6.07, 6.45) is 0. The Labute approximate surface area is 494 Å². The lowest BCUT2D eigenvalue weighted by molar-refractivity contribution is 0.672. The third kappa shape index (κ3) is 7.23. The molecule has 8 nitrogen and oxygen atoms in total. The second-order valence-corrected chi connectivity index (χ2v) is 20.6. The molecule has 0 fully saturated rings. The standard InChI is InChI=1S/C76H44N6O2/c77-45-53-44-60(76-79-74(49-26-12-4-13-27-49)78-75(80-76)50-28-14-5-15-29-50)71(82-62-39-35-52(47-22-8-2-9-23-47)43-59(62)69-64(82)41-37-57-55-31-17-19-33-66(55)84-73(57)69)67(48-24-10-3-11-25-48)70(53)81-61-38-34-51(46-20-6-1-7-21-46)42-58(61)68-63(81)40-36-56-54-30-16-18-32-65(54)83-72(56)68/h1-44H/i4D,5D,12D,13D,14D,15D,26D,27D,28D,29D. The third-order valence-electron chi connectivity index (χ3n) is 16.0. The molecule has 0 N–H and O–H groups in total. The van der Waals surface area contributed by atoms with Gasteiger partial charge in [-0.2, -0.15) is 5.26 Å². The Morgan fingerprint density at radius 2 is 0.786 bits per heavy atom. The van der Waals surface area contributed by atoms with Crippen LogP contribution < -0.4 is 0 Å². The van der Waals surface area contributed by atoms with Crippen LogP contribution in [0.1, 0.15) is 19.3 Å². The Kier molecular flexibility index (Phi) is 8.48. The summed E-state index contributed by atoms with van der Waals surface area (Å²) in [5, 5.41) is 19.0. The maximum Gasteiger partial charge on any atom is 0.166 e. The number of rotatable bonds is 8. The molecule has 0 radical (unpaired) electrons. The van der Waals surface area contributed by atoms with Crippen LogP contribution in [-0.2, 0) is 0 Å². The topological polar surface area (TPSA) is 98.6 Å². The zero-order valence-electron chi connectivity index (χ0n) is 54.1. The quantitative estimate of drug-likeness (QED) is 0.150. The zero-order valence-corrected chi connectivity index (χ0v) is 44.1. The van der Waals surface area contributed by atoms with E-state index < -0.39 is 83.2 Å². The van der Waals surface area contributed by atoms with Crippen LogP contribution in [0.15, 0.2) is 276 Å². The van der Waals surface area contributed by atoms with E-state index in [1.807, 2.05) is 158 Å².